The first-order valence-electron chi connectivity index (χ1n) is 9.89. The molecule has 1 aliphatic heterocycles. The lowest BCUT2D eigenvalue weighted by atomic mass is 9.91. The summed E-state index contributed by atoms with van der Waals surface area (Å²) in [5.41, 5.74) is 3.72. The molecule has 0 saturated heterocycles. The first-order valence-corrected chi connectivity index (χ1v) is 10.7. The molecule has 0 saturated carbocycles. The molecule has 0 fully saturated rings. The van der Waals surface area contributed by atoms with E-state index >= 15 is 0 Å². The van der Waals surface area contributed by atoms with Crippen molar-refractivity contribution in [2.45, 2.75) is 32.2 Å². The molecule has 0 amide bonds. The third-order valence-corrected chi connectivity index (χ3v) is 5.93. The van der Waals surface area contributed by atoms with Crippen molar-refractivity contribution in [3.63, 3.8) is 0 Å². The Morgan fingerprint density at radius 3 is 2.67 bits per heavy atom. The molecular formula is C22H21BrN6O. The SMILES string of the molecule is COc1nc(-c2nc3n(n2)CCCC3c2ccc(Br)cc2)ccc1-n1cnc(C)c1. The van der Waals surface area contributed by atoms with Crippen LogP contribution >= 0.6 is 15.9 Å². The number of imidazole rings is 1. The van der Waals surface area contributed by atoms with Crippen LogP contribution in [0.15, 0.2) is 53.4 Å². The lowest BCUT2D eigenvalue weighted by molar-refractivity contribution is 0.396. The molecule has 30 heavy (non-hydrogen) atoms. The number of fused-ring (bicyclic) bond motifs is 1. The van der Waals surface area contributed by atoms with Gasteiger partial charge in [0.2, 0.25) is 5.88 Å². The maximum absolute atomic E-state index is 5.55. The molecule has 8 heteroatoms. The zero-order valence-corrected chi connectivity index (χ0v) is 18.4. The van der Waals surface area contributed by atoms with Gasteiger partial charge in [0.15, 0.2) is 5.82 Å². The van der Waals surface area contributed by atoms with E-state index in [1.165, 1.54) is 5.56 Å². The predicted octanol–water partition coefficient (Wildman–Crippen LogP) is 4.53. The summed E-state index contributed by atoms with van der Waals surface area (Å²) in [6, 6.07) is 12.4. The van der Waals surface area contributed by atoms with Gasteiger partial charge < -0.3 is 9.30 Å². The first-order chi connectivity index (χ1) is 14.6. The molecule has 4 heterocycles. The highest BCUT2D eigenvalue weighted by Crippen LogP contribution is 2.34. The number of hydrogen-bond donors (Lipinski definition) is 0. The molecule has 1 unspecified atom stereocenters. The van der Waals surface area contributed by atoms with Crippen LogP contribution in [0.1, 0.15) is 35.8 Å². The fraction of sp³-hybridized carbons (Fsp3) is 0.273. The maximum Gasteiger partial charge on any atom is 0.238 e. The highest BCUT2D eigenvalue weighted by molar-refractivity contribution is 9.10. The third kappa shape index (κ3) is 3.41. The molecule has 0 spiro atoms. The van der Waals surface area contributed by atoms with E-state index in [-0.39, 0.29) is 5.92 Å². The van der Waals surface area contributed by atoms with Crippen molar-refractivity contribution in [1.82, 2.24) is 29.3 Å². The fourth-order valence-corrected chi connectivity index (χ4v) is 4.19. The van der Waals surface area contributed by atoms with E-state index < -0.39 is 0 Å². The van der Waals surface area contributed by atoms with E-state index in [1.807, 2.05) is 34.5 Å². The van der Waals surface area contributed by atoms with Crippen LogP contribution in [0.25, 0.3) is 17.2 Å². The van der Waals surface area contributed by atoms with Crippen molar-refractivity contribution >= 4 is 15.9 Å². The van der Waals surface area contributed by atoms with Crippen LogP contribution in [0, 0.1) is 6.92 Å². The topological polar surface area (TPSA) is 70.7 Å². The molecule has 1 atom stereocenters. The molecule has 0 radical (unpaired) electrons. The average Bonchev–Trinajstić information content (AvgIpc) is 3.40. The van der Waals surface area contributed by atoms with Gasteiger partial charge >= 0.3 is 0 Å². The Morgan fingerprint density at radius 1 is 1.10 bits per heavy atom. The highest BCUT2D eigenvalue weighted by Gasteiger charge is 2.26. The number of ether oxygens (including phenoxy) is 1. The Morgan fingerprint density at radius 2 is 1.93 bits per heavy atom. The summed E-state index contributed by atoms with van der Waals surface area (Å²) in [6.07, 6.45) is 5.84. The Labute approximate surface area is 182 Å². The zero-order valence-electron chi connectivity index (χ0n) is 16.8. The van der Waals surface area contributed by atoms with Gasteiger partial charge in [-0.2, -0.15) is 0 Å². The molecule has 0 N–H and O–H groups in total. The van der Waals surface area contributed by atoms with Crippen molar-refractivity contribution in [3.05, 3.63) is 70.5 Å². The molecule has 1 aromatic carbocycles. The molecule has 152 valence electrons. The van der Waals surface area contributed by atoms with Crippen molar-refractivity contribution in [1.29, 1.82) is 0 Å². The van der Waals surface area contributed by atoms with Gasteiger partial charge in [-0.15, -0.1) is 5.10 Å². The van der Waals surface area contributed by atoms with E-state index in [2.05, 4.69) is 50.2 Å². The number of pyridine rings is 1. The van der Waals surface area contributed by atoms with E-state index in [0.717, 1.165) is 41.1 Å². The predicted molar refractivity (Wildman–Crippen MR) is 117 cm³/mol. The van der Waals surface area contributed by atoms with Crippen molar-refractivity contribution < 1.29 is 4.74 Å². The molecule has 3 aromatic heterocycles. The van der Waals surface area contributed by atoms with Gasteiger partial charge in [0, 0.05) is 23.1 Å². The first kappa shape index (κ1) is 19.0. The van der Waals surface area contributed by atoms with Gasteiger partial charge in [-0.05, 0) is 49.6 Å². The number of nitrogens with zero attached hydrogens (tertiary/aromatic N) is 6. The summed E-state index contributed by atoms with van der Waals surface area (Å²) in [4.78, 5) is 13.9. The summed E-state index contributed by atoms with van der Waals surface area (Å²) in [6.45, 7) is 2.82. The van der Waals surface area contributed by atoms with E-state index in [1.54, 1.807) is 13.4 Å². The molecular weight excluding hydrogens is 444 g/mol. The summed E-state index contributed by atoms with van der Waals surface area (Å²) in [5.74, 6) is 2.37. The Hall–Kier alpha value is -3.00. The van der Waals surface area contributed by atoms with Crippen LogP contribution in [-0.4, -0.2) is 36.4 Å². The Kier molecular flexibility index (Phi) is 4.86. The smallest absolute Gasteiger partial charge is 0.238 e. The fourth-order valence-electron chi connectivity index (χ4n) is 3.93. The van der Waals surface area contributed by atoms with Crippen LogP contribution in [0.5, 0.6) is 5.88 Å². The van der Waals surface area contributed by atoms with Crippen LogP contribution in [-0.2, 0) is 6.54 Å². The minimum absolute atomic E-state index is 0.239. The monoisotopic (exact) mass is 464 g/mol. The van der Waals surface area contributed by atoms with Crippen LogP contribution < -0.4 is 4.74 Å². The van der Waals surface area contributed by atoms with Crippen molar-refractivity contribution in [3.8, 4) is 23.1 Å². The number of benzene rings is 1. The van der Waals surface area contributed by atoms with Crippen LogP contribution in [0.2, 0.25) is 0 Å². The second kappa shape index (κ2) is 7.68. The lowest BCUT2D eigenvalue weighted by Crippen LogP contribution is -2.17. The zero-order chi connectivity index (χ0) is 20.7. The second-order valence-electron chi connectivity index (χ2n) is 7.41. The van der Waals surface area contributed by atoms with E-state index in [9.17, 15) is 0 Å². The minimum atomic E-state index is 0.239. The largest absolute Gasteiger partial charge is 0.479 e. The number of hydrogen-bond acceptors (Lipinski definition) is 5. The van der Waals surface area contributed by atoms with Crippen LogP contribution in [0.4, 0.5) is 0 Å². The lowest BCUT2D eigenvalue weighted by Gasteiger charge is -2.22. The number of methoxy groups -OCH3 is 1. The molecule has 5 rings (SSSR count). The maximum atomic E-state index is 5.55. The molecule has 7 nitrogen and oxygen atoms in total. The number of halogens is 1. The average molecular weight is 465 g/mol. The van der Waals surface area contributed by atoms with Gasteiger partial charge in [-0.1, -0.05) is 28.1 Å². The summed E-state index contributed by atoms with van der Waals surface area (Å²) in [7, 11) is 1.62. The van der Waals surface area contributed by atoms with Gasteiger partial charge in [0.25, 0.3) is 0 Å². The number of aryl methyl sites for hydroxylation is 2. The van der Waals surface area contributed by atoms with Gasteiger partial charge in [0.05, 0.1) is 19.1 Å². The normalized spacial score (nSPS) is 15.8. The summed E-state index contributed by atoms with van der Waals surface area (Å²) < 4.78 is 10.5. The van der Waals surface area contributed by atoms with E-state index in [0.29, 0.717) is 17.4 Å². The molecule has 1 aliphatic rings. The quantitative estimate of drug-likeness (QED) is 0.443. The molecule has 0 bridgehead atoms. The van der Waals surface area contributed by atoms with Crippen LogP contribution in [0.3, 0.4) is 0 Å². The summed E-state index contributed by atoms with van der Waals surface area (Å²) >= 11 is 3.51. The van der Waals surface area contributed by atoms with Crippen molar-refractivity contribution in [2.24, 2.45) is 0 Å². The van der Waals surface area contributed by atoms with Gasteiger partial charge in [0.1, 0.15) is 17.2 Å². The molecule has 4 aromatic rings. The molecule has 0 aliphatic carbocycles. The Bertz CT molecular complexity index is 1200. The van der Waals surface area contributed by atoms with Crippen molar-refractivity contribution in [2.75, 3.05) is 7.11 Å². The minimum Gasteiger partial charge on any atom is -0.479 e. The summed E-state index contributed by atoms with van der Waals surface area (Å²) in [5, 5.41) is 4.76. The third-order valence-electron chi connectivity index (χ3n) is 5.40. The van der Waals surface area contributed by atoms with Gasteiger partial charge in [-0.3, -0.25) is 0 Å². The van der Waals surface area contributed by atoms with Gasteiger partial charge in [-0.25, -0.2) is 19.6 Å². The highest BCUT2D eigenvalue weighted by atomic mass is 79.9. The van der Waals surface area contributed by atoms with E-state index in [4.69, 9.17) is 14.8 Å². The second-order valence-corrected chi connectivity index (χ2v) is 8.33. The number of rotatable bonds is 4. The Balaban J connectivity index is 1.52. The number of aromatic nitrogens is 6. The standard InChI is InChI=1S/C22H21BrN6O/c1-14-12-28(13-24-14)19-10-9-18(25-22(19)30-2)20-26-21-17(4-3-11-29(21)27-20)15-5-7-16(23)8-6-15/h5-10,12-13,17H,3-4,11H2,1-2H3.